The maximum atomic E-state index is 11.2. The summed E-state index contributed by atoms with van der Waals surface area (Å²) in [5, 5.41) is 1.71. The average molecular weight is 338 g/mol. The molecule has 24 heavy (non-hydrogen) atoms. The number of nitrogens with zero attached hydrogens (tertiary/aromatic N) is 2. The van der Waals surface area contributed by atoms with Crippen molar-refractivity contribution in [1.29, 1.82) is 0 Å². The predicted octanol–water partition coefficient (Wildman–Crippen LogP) is 3.86. The molecule has 0 bridgehead atoms. The summed E-state index contributed by atoms with van der Waals surface area (Å²) in [4.78, 5) is 20.3. The summed E-state index contributed by atoms with van der Waals surface area (Å²) >= 11 is 5.92. The summed E-state index contributed by atoms with van der Waals surface area (Å²) in [5.41, 5.74) is 10.1. The Morgan fingerprint density at radius 1 is 1.17 bits per heavy atom. The van der Waals surface area contributed by atoms with Crippen molar-refractivity contribution >= 4 is 28.4 Å². The second-order valence-corrected chi connectivity index (χ2v) is 6.66. The molecule has 1 amide bonds. The number of benzene rings is 1. The third-order valence-corrected chi connectivity index (χ3v) is 4.51. The average Bonchev–Trinajstić information content (AvgIpc) is 3.39. The van der Waals surface area contributed by atoms with Crippen LogP contribution < -0.4 is 5.73 Å². The molecule has 3 aromatic rings. The molecule has 0 radical (unpaired) electrons. The first-order valence-electron chi connectivity index (χ1n) is 7.94. The fourth-order valence-electron chi connectivity index (χ4n) is 3.00. The number of nitrogens with two attached hydrogens (primary N) is 1. The topological polar surface area (TPSA) is 68.9 Å². The molecule has 1 aromatic carbocycles. The molecule has 0 saturated heterocycles. The number of primary amides is 1. The quantitative estimate of drug-likeness (QED) is 0.786. The van der Waals surface area contributed by atoms with Crippen LogP contribution in [-0.2, 0) is 11.2 Å². The lowest BCUT2D eigenvalue weighted by atomic mass is 9.99. The molecule has 0 spiro atoms. The zero-order valence-electron chi connectivity index (χ0n) is 13.0. The molecule has 4 rings (SSSR count). The van der Waals surface area contributed by atoms with E-state index in [0.717, 1.165) is 27.9 Å². The molecular weight excluding hydrogens is 322 g/mol. The van der Waals surface area contributed by atoms with Crippen LogP contribution in [0.1, 0.15) is 29.9 Å². The van der Waals surface area contributed by atoms with Gasteiger partial charge in [-0.15, -0.1) is 0 Å². The molecule has 4 nitrogen and oxygen atoms in total. The highest BCUT2D eigenvalue weighted by atomic mass is 35.5. The Bertz CT molecular complexity index is 933. The van der Waals surface area contributed by atoms with Crippen LogP contribution in [0.2, 0.25) is 5.02 Å². The van der Waals surface area contributed by atoms with Gasteiger partial charge in [-0.25, -0.2) is 4.98 Å². The molecule has 0 unspecified atom stereocenters. The number of hydrogen-bond donors (Lipinski definition) is 1. The maximum absolute atomic E-state index is 11.2. The zero-order valence-corrected chi connectivity index (χ0v) is 13.8. The number of carbonyl (C=O) groups is 1. The highest BCUT2D eigenvalue weighted by molar-refractivity contribution is 6.30. The van der Waals surface area contributed by atoms with Crippen LogP contribution >= 0.6 is 11.6 Å². The van der Waals surface area contributed by atoms with Crippen LogP contribution in [0, 0.1) is 0 Å². The van der Waals surface area contributed by atoms with E-state index in [9.17, 15) is 4.79 Å². The van der Waals surface area contributed by atoms with Crippen molar-refractivity contribution in [1.82, 2.24) is 9.97 Å². The second kappa shape index (κ2) is 5.87. The van der Waals surface area contributed by atoms with Gasteiger partial charge in [-0.3, -0.25) is 9.78 Å². The van der Waals surface area contributed by atoms with E-state index < -0.39 is 0 Å². The minimum Gasteiger partial charge on any atom is -0.369 e. The Balaban J connectivity index is 1.86. The van der Waals surface area contributed by atoms with E-state index in [1.54, 1.807) is 6.20 Å². The summed E-state index contributed by atoms with van der Waals surface area (Å²) in [6.07, 6.45) is 4.26. The molecule has 2 N–H and O–H groups in total. The van der Waals surface area contributed by atoms with E-state index in [1.165, 1.54) is 18.4 Å². The van der Waals surface area contributed by atoms with Crippen molar-refractivity contribution in [3.63, 3.8) is 0 Å². The number of rotatable bonds is 4. The van der Waals surface area contributed by atoms with Gasteiger partial charge in [0.1, 0.15) is 0 Å². The Morgan fingerprint density at radius 2 is 2.00 bits per heavy atom. The van der Waals surface area contributed by atoms with Crippen molar-refractivity contribution in [3.8, 4) is 11.4 Å². The van der Waals surface area contributed by atoms with Crippen LogP contribution in [0.4, 0.5) is 0 Å². The maximum Gasteiger partial charge on any atom is 0.221 e. The van der Waals surface area contributed by atoms with Crippen molar-refractivity contribution in [2.45, 2.75) is 25.2 Å². The number of carbonyl (C=O) groups excluding carboxylic acids is 1. The number of fused-ring (bicyclic) bond motifs is 1. The van der Waals surface area contributed by atoms with Gasteiger partial charge in [0.05, 0.1) is 28.3 Å². The van der Waals surface area contributed by atoms with Gasteiger partial charge in [0.2, 0.25) is 5.91 Å². The summed E-state index contributed by atoms with van der Waals surface area (Å²) in [7, 11) is 0. The first-order chi connectivity index (χ1) is 11.6. The van der Waals surface area contributed by atoms with Crippen molar-refractivity contribution in [2.75, 3.05) is 0 Å². The van der Waals surface area contributed by atoms with Gasteiger partial charge >= 0.3 is 0 Å². The van der Waals surface area contributed by atoms with Gasteiger partial charge < -0.3 is 5.73 Å². The molecular formula is C19H16ClN3O. The molecule has 5 heteroatoms. The second-order valence-electron chi connectivity index (χ2n) is 6.23. The summed E-state index contributed by atoms with van der Waals surface area (Å²) in [5.74, 6) is 0.239. The van der Waals surface area contributed by atoms with E-state index in [0.29, 0.717) is 10.9 Å². The van der Waals surface area contributed by atoms with Gasteiger partial charge in [0.25, 0.3) is 0 Å². The number of aromatic nitrogens is 2. The van der Waals surface area contributed by atoms with Crippen molar-refractivity contribution < 1.29 is 4.79 Å². The minimum absolute atomic E-state index is 0.251. The van der Waals surface area contributed by atoms with Crippen molar-refractivity contribution in [3.05, 3.63) is 58.7 Å². The Morgan fingerprint density at radius 3 is 2.67 bits per heavy atom. The molecule has 1 fully saturated rings. The van der Waals surface area contributed by atoms with E-state index in [-0.39, 0.29) is 12.3 Å². The van der Waals surface area contributed by atoms with E-state index in [1.807, 2.05) is 30.3 Å². The molecule has 1 aliphatic rings. The summed E-state index contributed by atoms with van der Waals surface area (Å²) in [6, 6.07) is 11.7. The molecule has 0 aliphatic heterocycles. The van der Waals surface area contributed by atoms with Crippen molar-refractivity contribution in [2.24, 2.45) is 5.73 Å². The van der Waals surface area contributed by atoms with Crippen LogP contribution in [-0.4, -0.2) is 15.9 Å². The van der Waals surface area contributed by atoms with E-state index in [2.05, 4.69) is 11.1 Å². The Kier molecular flexibility index (Phi) is 3.69. The normalized spacial score (nSPS) is 14.0. The van der Waals surface area contributed by atoms with Gasteiger partial charge in [0.15, 0.2) is 0 Å². The number of amides is 1. The molecule has 120 valence electrons. The molecule has 0 atom stereocenters. The lowest BCUT2D eigenvalue weighted by Gasteiger charge is -2.10. The van der Waals surface area contributed by atoms with E-state index in [4.69, 9.17) is 22.3 Å². The monoisotopic (exact) mass is 337 g/mol. The SMILES string of the molecule is NC(=O)Cc1ccc2nc(-c3ccc(Cl)cn3)cc(C3CC3)c2c1. The van der Waals surface area contributed by atoms with Crippen LogP contribution in [0.3, 0.4) is 0 Å². The van der Waals surface area contributed by atoms with Gasteiger partial charge in [-0.05, 0) is 60.2 Å². The van der Waals surface area contributed by atoms with Gasteiger partial charge in [-0.2, -0.15) is 0 Å². The number of hydrogen-bond acceptors (Lipinski definition) is 3. The van der Waals surface area contributed by atoms with Gasteiger partial charge in [-0.1, -0.05) is 17.7 Å². The number of halogens is 1. The fourth-order valence-corrected chi connectivity index (χ4v) is 3.11. The Labute approximate surface area is 144 Å². The lowest BCUT2D eigenvalue weighted by Crippen LogP contribution is -2.13. The third-order valence-electron chi connectivity index (χ3n) is 4.29. The highest BCUT2D eigenvalue weighted by Crippen LogP contribution is 2.44. The first-order valence-corrected chi connectivity index (χ1v) is 8.32. The number of pyridine rings is 2. The Hall–Kier alpha value is -2.46. The smallest absolute Gasteiger partial charge is 0.221 e. The standard InChI is InChI=1S/C19H16ClN3O/c20-13-4-6-17(22-10-13)18-9-14(12-2-3-12)15-7-11(8-19(21)24)1-5-16(15)23-18/h1,4-7,9-10,12H,2-3,8H2,(H2,21,24). The molecule has 1 saturated carbocycles. The first kappa shape index (κ1) is 15.1. The molecule has 1 aliphatic carbocycles. The van der Waals surface area contributed by atoms with Crippen LogP contribution in [0.15, 0.2) is 42.6 Å². The molecule has 2 aromatic heterocycles. The zero-order chi connectivity index (χ0) is 16.7. The highest BCUT2D eigenvalue weighted by Gasteiger charge is 2.26. The third kappa shape index (κ3) is 2.97. The van der Waals surface area contributed by atoms with Crippen LogP contribution in [0.5, 0.6) is 0 Å². The lowest BCUT2D eigenvalue weighted by molar-refractivity contribution is -0.117. The van der Waals surface area contributed by atoms with E-state index >= 15 is 0 Å². The molecule has 2 heterocycles. The van der Waals surface area contributed by atoms with Crippen LogP contribution in [0.25, 0.3) is 22.3 Å². The minimum atomic E-state index is -0.322. The predicted molar refractivity (Wildman–Crippen MR) is 94.9 cm³/mol. The summed E-state index contributed by atoms with van der Waals surface area (Å²) < 4.78 is 0. The van der Waals surface area contributed by atoms with Gasteiger partial charge in [0, 0.05) is 11.6 Å². The fraction of sp³-hybridized carbons (Fsp3) is 0.211. The largest absolute Gasteiger partial charge is 0.369 e. The summed E-state index contributed by atoms with van der Waals surface area (Å²) in [6.45, 7) is 0.